The number of aryl methyl sites for hydroxylation is 2. The lowest BCUT2D eigenvalue weighted by atomic mass is 10.2. The first-order valence-electron chi connectivity index (χ1n) is 12.3. The molecule has 35 heavy (non-hydrogen) atoms. The van der Waals surface area contributed by atoms with Gasteiger partial charge in [-0.1, -0.05) is 20.3 Å². The van der Waals surface area contributed by atoms with E-state index in [1.165, 1.54) is 16.5 Å². The third-order valence-corrected chi connectivity index (χ3v) is 8.11. The van der Waals surface area contributed by atoms with Crippen molar-refractivity contribution in [2.45, 2.75) is 64.2 Å². The minimum absolute atomic E-state index is 0.112. The Balaban J connectivity index is 1.85. The van der Waals surface area contributed by atoms with Crippen molar-refractivity contribution in [2.24, 2.45) is 0 Å². The Hall–Kier alpha value is -2.76. The van der Waals surface area contributed by atoms with Crippen LogP contribution < -0.4 is 10.3 Å². The number of nitrogens with zero attached hydrogens (tertiary/aromatic N) is 5. The molecule has 1 fully saturated rings. The molecule has 0 amide bonds. The van der Waals surface area contributed by atoms with Gasteiger partial charge in [-0.2, -0.15) is 0 Å². The highest BCUT2D eigenvalue weighted by molar-refractivity contribution is 7.89. The Morgan fingerprint density at radius 2 is 1.89 bits per heavy atom. The Bertz CT molecular complexity index is 1360. The van der Waals surface area contributed by atoms with Gasteiger partial charge in [0.25, 0.3) is 15.6 Å². The summed E-state index contributed by atoms with van der Waals surface area (Å²) in [5.41, 5.74) is 1.21. The molecule has 0 saturated carbocycles. The van der Waals surface area contributed by atoms with Crippen LogP contribution in [0.1, 0.15) is 58.0 Å². The summed E-state index contributed by atoms with van der Waals surface area (Å²) >= 11 is 0. The maximum Gasteiger partial charge on any atom is 0.277 e. The Labute approximate surface area is 205 Å². The monoisotopic (exact) mass is 502 g/mol. The van der Waals surface area contributed by atoms with E-state index in [1.54, 1.807) is 17.6 Å². The van der Waals surface area contributed by atoms with E-state index in [9.17, 15) is 13.2 Å². The van der Waals surface area contributed by atoms with E-state index in [4.69, 9.17) is 9.84 Å². The molecule has 3 heterocycles. The van der Waals surface area contributed by atoms with Crippen molar-refractivity contribution in [3.8, 4) is 17.1 Å². The van der Waals surface area contributed by atoms with Gasteiger partial charge >= 0.3 is 0 Å². The summed E-state index contributed by atoms with van der Waals surface area (Å²) in [7, 11) is -2.22. The maximum absolute atomic E-state index is 13.5. The van der Waals surface area contributed by atoms with Gasteiger partial charge in [-0.05, 0) is 50.8 Å². The first-order valence-corrected chi connectivity index (χ1v) is 13.8. The average Bonchev–Trinajstić information content (AvgIpc) is 3.22. The van der Waals surface area contributed by atoms with Crippen molar-refractivity contribution >= 4 is 15.5 Å². The molecule has 2 aromatic heterocycles. The average molecular weight is 503 g/mol. The van der Waals surface area contributed by atoms with E-state index in [1.807, 2.05) is 25.8 Å². The number of fused-ring (bicyclic) bond motifs is 1. The van der Waals surface area contributed by atoms with Crippen LogP contribution in [0.4, 0.5) is 0 Å². The highest BCUT2D eigenvalue weighted by atomic mass is 32.2. The van der Waals surface area contributed by atoms with E-state index in [0.717, 1.165) is 25.7 Å². The second-order valence-electron chi connectivity index (χ2n) is 8.69. The molecular weight excluding hydrogens is 468 g/mol. The lowest BCUT2D eigenvalue weighted by molar-refractivity contribution is 0.0609. The highest BCUT2D eigenvalue weighted by Crippen LogP contribution is 2.32. The van der Waals surface area contributed by atoms with Gasteiger partial charge in [0.15, 0.2) is 11.3 Å². The predicted molar refractivity (Wildman–Crippen MR) is 134 cm³/mol. The molecular formula is C24H34N6O4S. The molecule has 1 saturated heterocycles. The molecule has 0 bridgehead atoms. The van der Waals surface area contributed by atoms with Crippen molar-refractivity contribution in [3.63, 3.8) is 0 Å². The fourth-order valence-electron chi connectivity index (χ4n) is 4.49. The molecule has 11 heteroatoms. The number of hydrogen-bond donors (Lipinski definition) is 1. The third kappa shape index (κ3) is 4.85. The van der Waals surface area contributed by atoms with E-state index in [2.05, 4.69) is 9.97 Å². The molecule has 1 N–H and O–H groups in total. The summed E-state index contributed by atoms with van der Waals surface area (Å²) in [6, 6.07) is 4.69. The normalized spacial score (nSPS) is 15.2. The van der Waals surface area contributed by atoms with Crippen LogP contribution in [-0.4, -0.2) is 64.2 Å². The Morgan fingerprint density at radius 1 is 1.14 bits per heavy atom. The number of imidazole rings is 1. The molecule has 0 aliphatic carbocycles. The molecule has 1 aliphatic rings. The maximum atomic E-state index is 13.5. The van der Waals surface area contributed by atoms with Crippen LogP contribution in [0.3, 0.4) is 0 Å². The number of sulfonamides is 1. The summed E-state index contributed by atoms with van der Waals surface area (Å²) in [4.78, 5) is 20.7. The largest absolute Gasteiger partial charge is 0.493 e. The smallest absolute Gasteiger partial charge is 0.277 e. The lowest BCUT2D eigenvalue weighted by Crippen LogP contribution is -2.46. The summed E-state index contributed by atoms with van der Waals surface area (Å²) in [5, 5.41) is 6.55. The van der Waals surface area contributed by atoms with Crippen LogP contribution in [-0.2, 0) is 22.9 Å². The highest BCUT2D eigenvalue weighted by Gasteiger charge is 2.29. The number of hydrazine groups is 1. The molecule has 0 spiro atoms. The minimum atomic E-state index is -3.81. The molecule has 0 radical (unpaired) electrons. The molecule has 10 nitrogen and oxygen atoms in total. The van der Waals surface area contributed by atoms with Gasteiger partial charge in [-0.3, -0.25) is 4.79 Å². The number of ether oxygens (including phenoxy) is 1. The van der Waals surface area contributed by atoms with Gasteiger partial charge in [-0.25, -0.2) is 22.9 Å². The van der Waals surface area contributed by atoms with Crippen LogP contribution in [0.5, 0.6) is 5.75 Å². The molecule has 1 aliphatic heterocycles. The quantitative estimate of drug-likeness (QED) is 0.478. The number of H-pyrrole nitrogens is 1. The van der Waals surface area contributed by atoms with E-state index in [0.29, 0.717) is 60.9 Å². The Morgan fingerprint density at radius 3 is 2.54 bits per heavy atom. The number of aromatic nitrogens is 4. The number of benzene rings is 1. The van der Waals surface area contributed by atoms with Crippen LogP contribution >= 0.6 is 0 Å². The van der Waals surface area contributed by atoms with Gasteiger partial charge in [0.1, 0.15) is 11.6 Å². The fourth-order valence-corrected chi connectivity index (χ4v) is 5.77. The first-order chi connectivity index (χ1) is 16.8. The van der Waals surface area contributed by atoms with E-state index < -0.39 is 10.0 Å². The molecule has 0 atom stereocenters. The molecule has 4 rings (SSSR count). The third-order valence-electron chi connectivity index (χ3n) is 6.33. The van der Waals surface area contributed by atoms with E-state index >= 15 is 0 Å². The van der Waals surface area contributed by atoms with Gasteiger partial charge in [-0.15, -0.1) is 9.51 Å². The summed E-state index contributed by atoms with van der Waals surface area (Å²) < 4.78 is 35.7. The Kier molecular flexibility index (Phi) is 7.58. The fraction of sp³-hybridized carbons (Fsp3) is 0.542. The van der Waals surface area contributed by atoms with Crippen LogP contribution in [0.25, 0.3) is 16.9 Å². The number of rotatable bonds is 9. The van der Waals surface area contributed by atoms with Gasteiger partial charge in [0, 0.05) is 26.6 Å². The van der Waals surface area contributed by atoms with Crippen molar-refractivity contribution in [3.05, 3.63) is 40.1 Å². The van der Waals surface area contributed by atoms with Crippen LogP contribution in [0.15, 0.2) is 27.9 Å². The number of hydrogen-bond acceptors (Lipinski definition) is 7. The standard InChI is InChI=1S/C24H34N6O4S/c1-5-11-21-25-19(6-2)22-24(31)26-23(27-30(21)22)18-16-17(12-13-20(18)34-7-3)35(32,33)28(4)29-14-9-8-10-15-29/h12-13,16H,5-11,14-15H2,1-4H3,(H,26,27,31). The summed E-state index contributed by atoms with van der Waals surface area (Å²) in [6.07, 6.45) is 5.16. The topological polar surface area (TPSA) is 113 Å². The first kappa shape index (κ1) is 25.3. The van der Waals surface area contributed by atoms with Crippen molar-refractivity contribution in [1.82, 2.24) is 29.0 Å². The van der Waals surface area contributed by atoms with Crippen LogP contribution in [0, 0.1) is 0 Å². The number of piperidine rings is 1. The molecule has 1 aromatic carbocycles. The van der Waals surface area contributed by atoms with Gasteiger partial charge in [0.2, 0.25) is 0 Å². The van der Waals surface area contributed by atoms with E-state index in [-0.39, 0.29) is 16.3 Å². The second-order valence-corrected chi connectivity index (χ2v) is 10.6. The van der Waals surface area contributed by atoms with Crippen molar-refractivity contribution < 1.29 is 13.2 Å². The number of nitrogens with one attached hydrogen (secondary N) is 1. The van der Waals surface area contributed by atoms with Crippen molar-refractivity contribution in [2.75, 3.05) is 26.7 Å². The summed E-state index contributed by atoms with van der Waals surface area (Å²) in [5.74, 6) is 1.39. The minimum Gasteiger partial charge on any atom is -0.493 e. The molecule has 0 unspecified atom stereocenters. The summed E-state index contributed by atoms with van der Waals surface area (Å²) in [6.45, 7) is 7.62. The lowest BCUT2D eigenvalue weighted by Gasteiger charge is -2.33. The SMILES string of the molecule is CCCc1nc(CC)c2c(=O)[nH]c(-c3cc(S(=O)(=O)N(C)N4CCCCC4)ccc3OCC)nn12. The predicted octanol–water partition coefficient (Wildman–Crippen LogP) is 3.02. The second kappa shape index (κ2) is 10.5. The van der Waals surface area contributed by atoms with Crippen molar-refractivity contribution in [1.29, 1.82) is 0 Å². The molecule has 3 aromatic rings. The number of aromatic amines is 1. The van der Waals surface area contributed by atoms with Gasteiger partial charge in [0.05, 0.1) is 22.8 Å². The zero-order valence-electron chi connectivity index (χ0n) is 20.9. The zero-order valence-corrected chi connectivity index (χ0v) is 21.7. The van der Waals surface area contributed by atoms with Gasteiger partial charge < -0.3 is 9.72 Å². The molecule has 190 valence electrons. The van der Waals surface area contributed by atoms with Crippen LogP contribution in [0.2, 0.25) is 0 Å². The zero-order chi connectivity index (χ0) is 25.2.